The Morgan fingerprint density at radius 3 is 1.12 bits per heavy atom. The smallest absolute Gasteiger partial charge is 0.278 e. The van der Waals surface area contributed by atoms with Crippen LogP contribution in [0.4, 0.5) is 0 Å². The van der Waals surface area contributed by atoms with Crippen LogP contribution in [0.2, 0.25) is 13.1 Å². The predicted molar refractivity (Wildman–Crippen MR) is 107 cm³/mol. The third kappa shape index (κ3) is 3.43. The first-order valence-corrected chi connectivity index (χ1v) is 13.1. The van der Waals surface area contributed by atoms with Crippen molar-refractivity contribution in [3.05, 3.63) is 97.5 Å². The molecule has 3 heteroatoms. The maximum Gasteiger partial charge on any atom is 0.278 e. The molecule has 120 valence electrons. The topological polar surface area (TPSA) is 9.23 Å². The van der Waals surface area contributed by atoms with E-state index in [9.17, 15) is 0 Å². The van der Waals surface area contributed by atoms with Crippen LogP contribution in [0.5, 0.6) is 0 Å². The quantitative estimate of drug-likeness (QED) is 0.509. The van der Waals surface area contributed by atoms with Gasteiger partial charge in [-0.1, -0.05) is 91.0 Å². The summed E-state index contributed by atoms with van der Waals surface area (Å²) < 4.78 is 6.84. The van der Waals surface area contributed by atoms with E-state index in [1.165, 1.54) is 15.6 Å². The zero-order chi connectivity index (χ0) is 17.0. The van der Waals surface area contributed by atoms with E-state index in [1.807, 2.05) is 18.2 Å². The van der Waals surface area contributed by atoms with Gasteiger partial charge in [0.15, 0.2) is 8.32 Å². The molecule has 0 aliphatic rings. The van der Waals surface area contributed by atoms with Crippen LogP contribution in [-0.2, 0) is 4.12 Å². The molecule has 0 saturated heterocycles. The lowest BCUT2D eigenvalue weighted by Crippen LogP contribution is -2.72. The molecule has 3 aromatic rings. The zero-order valence-corrected chi connectivity index (χ0v) is 16.1. The second-order valence-corrected chi connectivity index (χ2v) is 13.6. The lowest BCUT2D eigenvalue weighted by molar-refractivity contribution is 0.585. The average molecular weight is 347 g/mol. The van der Waals surface area contributed by atoms with Gasteiger partial charge in [-0.2, -0.15) is 0 Å². The highest BCUT2D eigenvalue weighted by atomic mass is 28.4. The van der Waals surface area contributed by atoms with Crippen LogP contribution in [0.1, 0.15) is 0 Å². The molecule has 0 atom stereocenters. The third-order valence-corrected chi connectivity index (χ3v) is 10.7. The van der Waals surface area contributed by atoms with Crippen LogP contribution in [0, 0.1) is 6.55 Å². The Morgan fingerprint density at radius 2 is 0.875 bits per heavy atom. The monoisotopic (exact) mass is 346 g/mol. The normalized spacial score (nSPS) is 12.1. The highest BCUT2D eigenvalue weighted by molar-refractivity contribution is 7.10. The summed E-state index contributed by atoms with van der Waals surface area (Å²) in [6, 6.07) is 31.7. The minimum absolute atomic E-state index is 1.23. The summed E-state index contributed by atoms with van der Waals surface area (Å²) >= 11 is 0. The molecule has 0 fully saturated rings. The molecule has 3 rings (SSSR count). The van der Waals surface area contributed by atoms with E-state index in [-0.39, 0.29) is 0 Å². The van der Waals surface area contributed by atoms with Crippen LogP contribution in [0.25, 0.3) is 0 Å². The summed E-state index contributed by atoms with van der Waals surface area (Å²) in [7, 11) is -4.90. The van der Waals surface area contributed by atoms with Gasteiger partial charge in [0, 0.05) is 0 Å². The molecule has 3 aromatic carbocycles. The summed E-state index contributed by atoms with van der Waals surface area (Å²) in [4.78, 5) is 0. The highest BCUT2D eigenvalue weighted by Gasteiger charge is 2.44. The van der Waals surface area contributed by atoms with Gasteiger partial charge in [-0.25, -0.2) is 0 Å². The van der Waals surface area contributed by atoms with E-state index < -0.39 is 16.6 Å². The molecule has 0 heterocycles. The average Bonchev–Trinajstić information content (AvgIpc) is 2.61. The predicted octanol–water partition coefficient (Wildman–Crippen LogP) is 3.13. The Balaban J connectivity index is 2.33. The number of rotatable bonds is 5. The molecule has 24 heavy (non-hydrogen) atoms. The number of hydrogen-bond donors (Lipinski definition) is 0. The fraction of sp³-hybridized carbons (Fsp3) is 0.0952. The van der Waals surface area contributed by atoms with Crippen LogP contribution in [0.3, 0.4) is 0 Å². The van der Waals surface area contributed by atoms with Crippen molar-refractivity contribution in [3.63, 3.8) is 0 Å². The van der Waals surface area contributed by atoms with Gasteiger partial charge in [-0.15, -0.1) is 0 Å². The van der Waals surface area contributed by atoms with E-state index in [4.69, 9.17) is 10.7 Å². The van der Waals surface area contributed by atoms with Gasteiger partial charge in [0.1, 0.15) is 0 Å². The first-order valence-electron chi connectivity index (χ1n) is 8.18. The first-order chi connectivity index (χ1) is 11.5. The summed E-state index contributed by atoms with van der Waals surface area (Å²) in [6.07, 6.45) is 0. The maximum atomic E-state index is 6.84. The summed E-state index contributed by atoms with van der Waals surface area (Å²) in [5.74, 6) is 0. The molecular weight excluding hydrogens is 324 g/mol. The SMILES string of the molecule is [CH][Si](C)(C)O[Si](c1ccccc1)(c1ccccc1)c1ccccc1. The Bertz CT molecular complexity index is 669. The van der Waals surface area contributed by atoms with E-state index in [2.05, 4.69) is 85.9 Å². The van der Waals surface area contributed by atoms with Crippen LogP contribution >= 0.6 is 0 Å². The molecule has 1 nitrogen and oxygen atoms in total. The van der Waals surface area contributed by atoms with Crippen molar-refractivity contribution in [1.82, 2.24) is 0 Å². The first kappa shape index (κ1) is 16.9. The molecule has 0 unspecified atom stereocenters. The number of hydrogen-bond acceptors (Lipinski definition) is 1. The second kappa shape index (κ2) is 6.89. The lowest BCUT2D eigenvalue weighted by Gasteiger charge is -2.38. The fourth-order valence-corrected chi connectivity index (χ4v) is 10.6. The molecular formula is C21H22OSi2. The van der Waals surface area contributed by atoms with Gasteiger partial charge >= 0.3 is 0 Å². The van der Waals surface area contributed by atoms with Gasteiger partial charge in [0.25, 0.3) is 8.32 Å². The third-order valence-electron chi connectivity index (χ3n) is 3.96. The van der Waals surface area contributed by atoms with Gasteiger partial charge in [-0.05, 0) is 35.2 Å². The van der Waals surface area contributed by atoms with Gasteiger partial charge < -0.3 is 4.12 Å². The van der Waals surface area contributed by atoms with E-state index in [0.29, 0.717) is 0 Å². The Hall–Kier alpha value is -1.95. The Labute approximate surface area is 147 Å². The van der Waals surface area contributed by atoms with Crippen molar-refractivity contribution in [2.75, 3.05) is 0 Å². The van der Waals surface area contributed by atoms with Crippen molar-refractivity contribution in [3.8, 4) is 0 Å². The fourth-order valence-electron chi connectivity index (χ4n) is 3.09. The summed E-state index contributed by atoms with van der Waals surface area (Å²) in [5.41, 5.74) is 0. The molecule has 0 amide bonds. The lowest BCUT2D eigenvalue weighted by atomic mass is 10.3. The molecule has 0 N–H and O–H groups in total. The standard InChI is InChI=1S/C21H22OSi2/c1-23(2,3)22-24(19-13-7-4-8-14-19,20-15-9-5-10-16-20)21-17-11-6-12-18-21/h1,4-18H,2-3H3. The van der Waals surface area contributed by atoms with Crippen molar-refractivity contribution < 1.29 is 4.12 Å². The van der Waals surface area contributed by atoms with E-state index in [0.717, 1.165) is 0 Å². The van der Waals surface area contributed by atoms with Crippen molar-refractivity contribution >= 4 is 32.2 Å². The van der Waals surface area contributed by atoms with Crippen molar-refractivity contribution in [2.45, 2.75) is 13.1 Å². The summed E-state index contributed by atoms with van der Waals surface area (Å²) in [5, 5.41) is 3.69. The van der Waals surface area contributed by atoms with Gasteiger partial charge in [0.2, 0.25) is 0 Å². The Morgan fingerprint density at radius 1 is 0.583 bits per heavy atom. The molecule has 2 radical (unpaired) electrons. The molecule has 0 aliphatic carbocycles. The molecule has 0 saturated carbocycles. The largest absolute Gasteiger partial charge is 0.446 e. The van der Waals surface area contributed by atoms with E-state index in [1.54, 1.807) is 0 Å². The molecule has 0 aromatic heterocycles. The molecule has 0 spiro atoms. The minimum Gasteiger partial charge on any atom is -0.446 e. The van der Waals surface area contributed by atoms with E-state index >= 15 is 0 Å². The highest BCUT2D eigenvalue weighted by Crippen LogP contribution is 2.15. The molecule has 0 bridgehead atoms. The van der Waals surface area contributed by atoms with Gasteiger partial charge in [0.05, 0.1) is 0 Å². The van der Waals surface area contributed by atoms with Crippen molar-refractivity contribution in [2.24, 2.45) is 0 Å². The van der Waals surface area contributed by atoms with Crippen molar-refractivity contribution in [1.29, 1.82) is 0 Å². The number of benzene rings is 3. The summed E-state index contributed by atoms with van der Waals surface area (Å²) in [6.45, 7) is 10.6. The van der Waals surface area contributed by atoms with Gasteiger partial charge in [-0.3, -0.25) is 0 Å². The van der Waals surface area contributed by atoms with Crippen LogP contribution in [-0.4, -0.2) is 16.6 Å². The Kier molecular flexibility index (Phi) is 4.85. The molecule has 0 aliphatic heterocycles. The van der Waals surface area contributed by atoms with Crippen LogP contribution in [0.15, 0.2) is 91.0 Å². The second-order valence-electron chi connectivity index (χ2n) is 6.48. The zero-order valence-electron chi connectivity index (χ0n) is 14.1. The maximum absolute atomic E-state index is 6.84. The van der Waals surface area contributed by atoms with Crippen LogP contribution < -0.4 is 15.6 Å². The minimum atomic E-state index is -2.62.